The first-order valence-corrected chi connectivity index (χ1v) is 7.60. The molecule has 0 aliphatic rings. The monoisotopic (exact) mass is 294 g/mol. The summed E-state index contributed by atoms with van der Waals surface area (Å²) in [5.74, 6) is 0. The SMILES string of the molecule is C=C/C(=C\C=N/C)C(=C)N(CC)c1cccc(C=C)c1CC. The number of aliphatic imine (C=N–C) groups is 1. The van der Waals surface area contributed by atoms with Crippen molar-refractivity contribution in [3.8, 4) is 0 Å². The van der Waals surface area contributed by atoms with Crippen molar-refractivity contribution in [2.24, 2.45) is 4.99 Å². The van der Waals surface area contributed by atoms with Gasteiger partial charge in [0, 0.05) is 31.2 Å². The first-order valence-electron chi connectivity index (χ1n) is 7.60. The highest BCUT2D eigenvalue weighted by molar-refractivity contribution is 5.76. The summed E-state index contributed by atoms with van der Waals surface area (Å²) in [6.45, 7) is 17.2. The van der Waals surface area contributed by atoms with E-state index in [4.69, 9.17) is 0 Å². The Bertz CT molecular complexity index is 606. The topological polar surface area (TPSA) is 15.6 Å². The molecule has 22 heavy (non-hydrogen) atoms. The summed E-state index contributed by atoms with van der Waals surface area (Å²) in [6, 6.07) is 6.29. The van der Waals surface area contributed by atoms with Crippen LogP contribution in [0.5, 0.6) is 0 Å². The van der Waals surface area contributed by atoms with Gasteiger partial charge in [0.25, 0.3) is 0 Å². The summed E-state index contributed by atoms with van der Waals surface area (Å²) >= 11 is 0. The average Bonchev–Trinajstić information content (AvgIpc) is 2.55. The van der Waals surface area contributed by atoms with Gasteiger partial charge in [-0.25, -0.2) is 0 Å². The third-order valence-electron chi connectivity index (χ3n) is 3.65. The van der Waals surface area contributed by atoms with Crippen LogP contribution in [0.3, 0.4) is 0 Å². The van der Waals surface area contributed by atoms with Crippen LogP contribution in [-0.4, -0.2) is 19.8 Å². The minimum Gasteiger partial charge on any atom is -0.342 e. The molecule has 1 aromatic rings. The third-order valence-corrected chi connectivity index (χ3v) is 3.65. The van der Waals surface area contributed by atoms with Crippen LogP contribution in [0.2, 0.25) is 0 Å². The molecule has 2 heteroatoms. The molecular formula is C20H26N2. The zero-order valence-electron chi connectivity index (χ0n) is 14.0. The van der Waals surface area contributed by atoms with Crippen LogP contribution < -0.4 is 4.90 Å². The first-order chi connectivity index (χ1) is 10.6. The molecule has 0 aliphatic heterocycles. The molecule has 0 amide bonds. The summed E-state index contributed by atoms with van der Waals surface area (Å²) in [5, 5.41) is 0. The lowest BCUT2D eigenvalue weighted by molar-refractivity contribution is 0.952. The van der Waals surface area contributed by atoms with Crippen molar-refractivity contribution in [1.29, 1.82) is 0 Å². The van der Waals surface area contributed by atoms with Gasteiger partial charge in [-0.05, 0) is 42.2 Å². The zero-order chi connectivity index (χ0) is 16.5. The summed E-state index contributed by atoms with van der Waals surface area (Å²) in [6.07, 6.45) is 8.37. The molecule has 0 aromatic heterocycles. The molecule has 0 atom stereocenters. The third kappa shape index (κ3) is 3.85. The number of hydrogen-bond acceptors (Lipinski definition) is 2. The Balaban J connectivity index is 3.35. The van der Waals surface area contributed by atoms with E-state index in [1.54, 1.807) is 13.3 Å². The van der Waals surface area contributed by atoms with Gasteiger partial charge in [-0.1, -0.05) is 50.9 Å². The summed E-state index contributed by atoms with van der Waals surface area (Å²) < 4.78 is 0. The lowest BCUT2D eigenvalue weighted by atomic mass is 10.0. The summed E-state index contributed by atoms with van der Waals surface area (Å²) in [4.78, 5) is 6.21. The highest BCUT2D eigenvalue weighted by Gasteiger charge is 2.15. The van der Waals surface area contributed by atoms with Crippen LogP contribution in [0.15, 0.2) is 66.4 Å². The lowest BCUT2D eigenvalue weighted by Crippen LogP contribution is -2.23. The molecule has 0 saturated heterocycles. The zero-order valence-corrected chi connectivity index (χ0v) is 14.0. The molecule has 0 saturated carbocycles. The number of allylic oxidation sites excluding steroid dienone is 2. The molecule has 0 N–H and O–H groups in total. The number of benzene rings is 1. The van der Waals surface area contributed by atoms with Crippen molar-refractivity contribution in [3.63, 3.8) is 0 Å². The molecule has 0 fully saturated rings. The minimum absolute atomic E-state index is 0.834. The van der Waals surface area contributed by atoms with Gasteiger partial charge in [0.1, 0.15) is 0 Å². The second kappa shape index (κ2) is 8.83. The predicted molar refractivity (Wildman–Crippen MR) is 101 cm³/mol. The first kappa shape index (κ1) is 17.7. The van der Waals surface area contributed by atoms with Gasteiger partial charge >= 0.3 is 0 Å². The Morgan fingerprint density at radius 1 is 1.27 bits per heavy atom. The van der Waals surface area contributed by atoms with Gasteiger partial charge in [-0.15, -0.1) is 0 Å². The quantitative estimate of drug-likeness (QED) is 0.484. The van der Waals surface area contributed by atoms with E-state index >= 15 is 0 Å². The maximum Gasteiger partial charge on any atom is 0.0449 e. The van der Waals surface area contributed by atoms with Crippen LogP contribution in [0.1, 0.15) is 25.0 Å². The van der Waals surface area contributed by atoms with Crippen molar-refractivity contribution < 1.29 is 0 Å². The highest BCUT2D eigenvalue weighted by atomic mass is 15.1. The van der Waals surface area contributed by atoms with Crippen molar-refractivity contribution >= 4 is 18.0 Å². The van der Waals surface area contributed by atoms with Crippen LogP contribution in [0, 0.1) is 0 Å². The molecule has 1 rings (SSSR count). The molecular weight excluding hydrogens is 268 g/mol. The maximum absolute atomic E-state index is 4.26. The lowest BCUT2D eigenvalue weighted by Gasteiger charge is -2.29. The Morgan fingerprint density at radius 3 is 2.50 bits per heavy atom. The van der Waals surface area contributed by atoms with E-state index in [-0.39, 0.29) is 0 Å². The Kier molecular flexibility index (Phi) is 7.11. The maximum atomic E-state index is 4.26. The number of anilines is 1. The molecule has 1 aromatic carbocycles. The second-order valence-electron chi connectivity index (χ2n) is 4.83. The Hall–Kier alpha value is -2.35. The van der Waals surface area contributed by atoms with Crippen molar-refractivity contribution in [1.82, 2.24) is 0 Å². The standard InChI is InChI=1S/C20H26N2/c1-7-17(14-15-21-6)16(5)22(10-4)20-13-11-12-18(8-2)19(20)9-3/h7-8,11-15H,1-2,5,9-10H2,3-4,6H3/b17-14+,21-15-. The van der Waals surface area contributed by atoms with E-state index in [1.165, 1.54) is 16.8 Å². The minimum atomic E-state index is 0.834. The number of likely N-dealkylation sites (N-methyl/N-ethyl adjacent to an activating group) is 1. The van der Waals surface area contributed by atoms with Crippen molar-refractivity contribution in [2.75, 3.05) is 18.5 Å². The van der Waals surface area contributed by atoms with E-state index < -0.39 is 0 Å². The summed E-state index contributed by atoms with van der Waals surface area (Å²) in [5.41, 5.74) is 5.53. The molecule has 0 aliphatic carbocycles. The smallest absolute Gasteiger partial charge is 0.0449 e. The Morgan fingerprint density at radius 2 is 2.00 bits per heavy atom. The van der Waals surface area contributed by atoms with E-state index in [0.29, 0.717) is 0 Å². The number of rotatable bonds is 8. The van der Waals surface area contributed by atoms with Crippen LogP contribution in [0.4, 0.5) is 5.69 Å². The molecule has 0 unspecified atom stereocenters. The van der Waals surface area contributed by atoms with Gasteiger partial charge in [-0.2, -0.15) is 0 Å². The fourth-order valence-corrected chi connectivity index (χ4v) is 2.52. The van der Waals surface area contributed by atoms with Crippen LogP contribution in [0.25, 0.3) is 6.08 Å². The van der Waals surface area contributed by atoms with E-state index in [0.717, 1.165) is 24.2 Å². The van der Waals surface area contributed by atoms with Gasteiger partial charge in [0.2, 0.25) is 0 Å². The van der Waals surface area contributed by atoms with E-state index in [2.05, 4.69) is 61.7 Å². The molecule has 2 nitrogen and oxygen atoms in total. The van der Waals surface area contributed by atoms with Gasteiger partial charge in [0.15, 0.2) is 0 Å². The van der Waals surface area contributed by atoms with E-state index in [9.17, 15) is 0 Å². The second-order valence-corrected chi connectivity index (χ2v) is 4.83. The van der Waals surface area contributed by atoms with Gasteiger partial charge in [-0.3, -0.25) is 4.99 Å². The molecule has 0 radical (unpaired) electrons. The molecule has 0 bridgehead atoms. The van der Waals surface area contributed by atoms with E-state index in [1.807, 2.05) is 18.2 Å². The molecule has 0 spiro atoms. The number of hydrogen-bond donors (Lipinski definition) is 0. The largest absolute Gasteiger partial charge is 0.342 e. The van der Waals surface area contributed by atoms with Crippen molar-refractivity contribution in [2.45, 2.75) is 20.3 Å². The van der Waals surface area contributed by atoms with Crippen molar-refractivity contribution in [3.05, 3.63) is 72.5 Å². The molecule has 116 valence electrons. The van der Waals surface area contributed by atoms with Crippen LogP contribution in [-0.2, 0) is 6.42 Å². The van der Waals surface area contributed by atoms with Gasteiger partial charge in [0.05, 0.1) is 0 Å². The molecule has 0 heterocycles. The predicted octanol–water partition coefficient (Wildman–Crippen LogP) is 5.05. The fourth-order valence-electron chi connectivity index (χ4n) is 2.52. The highest BCUT2D eigenvalue weighted by Crippen LogP contribution is 2.30. The fraction of sp³-hybridized carbons (Fsp3) is 0.250. The summed E-state index contributed by atoms with van der Waals surface area (Å²) in [7, 11) is 1.75. The Labute approximate surface area is 134 Å². The average molecular weight is 294 g/mol. The van der Waals surface area contributed by atoms with Gasteiger partial charge < -0.3 is 4.90 Å². The number of nitrogens with zero attached hydrogens (tertiary/aromatic N) is 2. The van der Waals surface area contributed by atoms with Crippen LogP contribution >= 0.6 is 0 Å². The normalized spacial score (nSPS) is 11.5.